The quantitative estimate of drug-likeness (QED) is 0.597. The molecule has 1 aliphatic rings. The molecule has 3 aromatic rings. The van der Waals surface area contributed by atoms with Crippen molar-refractivity contribution in [2.24, 2.45) is 5.92 Å². The van der Waals surface area contributed by atoms with E-state index in [4.69, 9.17) is 4.74 Å². The van der Waals surface area contributed by atoms with Gasteiger partial charge in [0.2, 0.25) is 0 Å². The average Bonchev–Trinajstić information content (AvgIpc) is 3.42. The highest BCUT2D eigenvalue weighted by Gasteiger charge is 2.24. The van der Waals surface area contributed by atoms with Crippen LogP contribution in [0.5, 0.6) is 0 Å². The number of amides is 1. The van der Waals surface area contributed by atoms with Gasteiger partial charge in [-0.3, -0.25) is 4.79 Å². The number of carbonyl (C=O) groups excluding carboxylic acids is 2. The molecule has 0 N–H and O–H groups in total. The molecule has 0 radical (unpaired) electrons. The highest BCUT2D eigenvalue weighted by atomic mass is 32.1. The molecule has 4 rings (SSSR count). The van der Waals surface area contributed by atoms with Gasteiger partial charge in [-0.05, 0) is 42.3 Å². The minimum atomic E-state index is -0.553. The zero-order valence-corrected chi connectivity index (χ0v) is 17.1. The summed E-state index contributed by atoms with van der Waals surface area (Å²) in [4.78, 5) is 28.0. The minimum Gasteiger partial charge on any atom is -0.451 e. The van der Waals surface area contributed by atoms with Gasteiger partial charge in [0, 0.05) is 19.2 Å². The topological polar surface area (TPSA) is 64.4 Å². The smallest absolute Gasteiger partial charge is 0.357 e. The van der Waals surface area contributed by atoms with Crippen LogP contribution in [0.25, 0.3) is 16.3 Å². The van der Waals surface area contributed by atoms with E-state index in [9.17, 15) is 9.59 Å². The lowest BCUT2D eigenvalue weighted by Gasteiger charge is -2.30. The molecule has 1 aromatic carbocycles. The number of ether oxygens (including phenoxy) is 1. The van der Waals surface area contributed by atoms with Gasteiger partial charge in [0.05, 0.1) is 10.6 Å². The summed E-state index contributed by atoms with van der Waals surface area (Å²) in [5.41, 5.74) is 1.77. The minimum absolute atomic E-state index is 0.144. The second-order valence-electron chi connectivity index (χ2n) is 7.30. The highest BCUT2D eigenvalue weighted by molar-refractivity contribution is 7.13. The van der Waals surface area contributed by atoms with Crippen molar-refractivity contribution in [1.29, 1.82) is 0 Å². The number of benzene rings is 1. The molecule has 0 saturated carbocycles. The summed E-state index contributed by atoms with van der Waals surface area (Å²) in [6.45, 7) is 3.34. The third kappa shape index (κ3) is 4.40. The molecule has 150 valence electrons. The van der Waals surface area contributed by atoms with Crippen molar-refractivity contribution in [3.05, 3.63) is 59.6 Å². The summed E-state index contributed by atoms with van der Waals surface area (Å²) < 4.78 is 6.96. The fraction of sp³-hybridized carbons (Fsp3) is 0.318. The highest BCUT2D eigenvalue weighted by Crippen LogP contribution is 2.26. The molecule has 1 aliphatic heterocycles. The van der Waals surface area contributed by atoms with Crippen molar-refractivity contribution >= 4 is 23.2 Å². The summed E-state index contributed by atoms with van der Waals surface area (Å²) in [5.74, 6) is -0.215. The molecule has 0 aliphatic carbocycles. The van der Waals surface area contributed by atoms with Crippen LogP contribution in [0.3, 0.4) is 0 Å². The number of thiophene rings is 1. The number of likely N-dealkylation sites (tertiary alicyclic amines) is 1. The van der Waals surface area contributed by atoms with Gasteiger partial charge in [-0.25, -0.2) is 9.48 Å². The van der Waals surface area contributed by atoms with Gasteiger partial charge in [0.1, 0.15) is 5.69 Å². The summed E-state index contributed by atoms with van der Waals surface area (Å²) in [5, 5.41) is 6.57. The molecule has 1 amide bonds. The lowest BCUT2D eigenvalue weighted by Crippen LogP contribution is -2.41. The molecule has 1 fully saturated rings. The number of nitrogens with zero attached hydrogens (tertiary/aromatic N) is 3. The van der Waals surface area contributed by atoms with Crippen LogP contribution in [0.2, 0.25) is 0 Å². The molecular weight excluding hydrogens is 386 g/mol. The maximum atomic E-state index is 12.8. The molecule has 1 atom stereocenters. The van der Waals surface area contributed by atoms with Gasteiger partial charge >= 0.3 is 5.97 Å². The summed E-state index contributed by atoms with van der Waals surface area (Å²) in [6.07, 6.45) is 2.12. The SMILES string of the molecule is C[C@@H]1CCCN(C(=O)COC(=O)c2cc(-c3cccs3)nn2-c2ccccc2)C1. The predicted octanol–water partition coefficient (Wildman–Crippen LogP) is 4.02. The van der Waals surface area contributed by atoms with E-state index in [0.29, 0.717) is 17.3 Å². The third-order valence-electron chi connectivity index (χ3n) is 5.03. The lowest BCUT2D eigenvalue weighted by molar-refractivity contribution is -0.136. The van der Waals surface area contributed by atoms with Gasteiger partial charge in [0.15, 0.2) is 12.3 Å². The Labute approximate surface area is 173 Å². The zero-order chi connectivity index (χ0) is 20.2. The second kappa shape index (κ2) is 8.61. The standard InChI is InChI=1S/C22H23N3O3S/c1-16-7-5-11-24(14-16)21(26)15-28-22(27)19-13-18(20-10-6-12-29-20)23-25(19)17-8-3-2-4-9-17/h2-4,6,8-10,12-13,16H,5,7,11,14-15H2,1H3/t16-/m1/s1. The van der Waals surface area contributed by atoms with Crippen molar-refractivity contribution in [3.8, 4) is 16.3 Å². The lowest BCUT2D eigenvalue weighted by atomic mass is 10.0. The second-order valence-corrected chi connectivity index (χ2v) is 8.25. The molecule has 29 heavy (non-hydrogen) atoms. The first-order valence-corrected chi connectivity index (χ1v) is 10.6. The summed E-state index contributed by atoms with van der Waals surface area (Å²) in [6, 6.07) is 15.1. The third-order valence-corrected chi connectivity index (χ3v) is 5.92. The Kier molecular flexibility index (Phi) is 5.76. The molecule has 3 heterocycles. The van der Waals surface area contributed by atoms with Crippen molar-refractivity contribution in [3.63, 3.8) is 0 Å². The van der Waals surface area contributed by atoms with Crippen LogP contribution in [0, 0.1) is 5.92 Å². The number of carbonyl (C=O) groups is 2. The van der Waals surface area contributed by atoms with Gasteiger partial charge in [-0.2, -0.15) is 5.10 Å². The van der Waals surface area contributed by atoms with Crippen molar-refractivity contribution in [1.82, 2.24) is 14.7 Å². The Morgan fingerprint density at radius 3 is 2.76 bits per heavy atom. The monoisotopic (exact) mass is 409 g/mol. The van der Waals surface area contributed by atoms with Crippen molar-refractivity contribution in [2.75, 3.05) is 19.7 Å². The van der Waals surface area contributed by atoms with E-state index in [1.807, 2.05) is 47.8 Å². The van der Waals surface area contributed by atoms with E-state index in [1.165, 1.54) is 0 Å². The summed E-state index contributed by atoms with van der Waals surface area (Å²) in [7, 11) is 0. The van der Waals surface area contributed by atoms with Gasteiger partial charge < -0.3 is 9.64 Å². The number of esters is 1. The number of rotatable bonds is 5. The van der Waals surface area contributed by atoms with Crippen LogP contribution >= 0.6 is 11.3 Å². The van der Waals surface area contributed by atoms with E-state index in [-0.39, 0.29) is 12.5 Å². The molecule has 0 unspecified atom stereocenters. The normalized spacial score (nSPS) is 16.6. The van der Waals surface area contributed by atoms with Gasteiger partial charge in [-0.15, -0.1) is 11.3 Å². The van der Waals surface area contributed by atoms with Crippen molar-refractivity contribution in [2.45, 2.75) is 19.8 Å². The van der Waals surface area contributed by atoms with Crippen LogP contribution in [-0.4, -0.2) is 46.3 Å². The van der Waals surface area contributed by atoms with Crippen LogP contribution in [0.1, 0.15) is 30.3 Å². The van der Waals surface area contributed by atoms with Crippen LogP contribution in [0.15, 0.2) is 53.9 Å². The molecule has 0 bridgehead atoms. The first-order valence-electron chi connectivity index (χ1n) is 9.76. The molecule has 1 saturated heterocycles. The van der Waals surface area contributed by atoms with Gasteiger partial charge in [-0.1, -0.05) is 31.2 Å². The van der Waals surface area contributed by atoms with Crippen molar-refractivity contribution < 1.29 is 14.3 Å². The maximum absolute atomic E-state index is 12.8. The molecule has 2 aromatic heterocycles. The molecule has 7 heteroatoms. The fourth-order valence-corrected chi connectivity index (χ4v) is 4.23. The first-order chi connectivity index (χ1) is 14.1. The van der Waals surface area contributed by atoms with Gasteiger partial charge in [0.25, 0.3) is 5.91 Å². The Bertz CT molecular complexity index is 982. The number of hydrogen-bond donors (Lipinski definition) is 0. The Balaban J connectivity index is 1.53. The Morgan fingerprint density at radius 2 is 2.03 bits per heavy atom. The number of piperidine rings is 1. The number of para-hydroxylation sites is 1. The molecule has 0 spiro atoms. The number of hydrogen-bond acceptors (Lipinski definition) is 5. The largest absolute Gasteiger partial charge is 0.451 e. The zero-order valence-electron chi connectivity index (χ0n) is 16.3. The van der Waals surface area contributed by atoms with Crippen LogP contribution in [0.4, 0.5) is 0 Å². The van der Waals surface area contributed by atoms with Crippen LogP contribution in [-0.2, 0) is 9.53 Å². The average molecular weight is 410 g/mol. The first kappa shape index (κ1) is 19.4. The number of aromatic nitrogens is 2. The summed E-state index contributed by atoms with van der Waals surface area (Å²) >= 11 is 1.55. The van der Waals surface area contributed by atoms with E-state index < -0.39 is 5.97 Å². The van der Waals surface area contributed by atoms with E-state index in [2.05, 4.69) is 12.0 Å². The maximum Gasteiger partial charge on any atom is 0.357 e. The Hall–Kier alpha value is -2.93. The van der Waals surface area contributed by atoms with E-state index in [1.54, 1.807) is 27.0 Å². The molecule has 6 nitrogen and oxygen atoms in total. The fourth-order valence-electron chi connectivity index (χ4n) is 3.55. The molecular formula is C22H23N3O3S. The Morgan fingerprint density at radius 1 is 1.21 bits per heavy atom. The predicted molar refractivity (Wildman–Crippen MR) is 112 cm³/mol. The van der Waals surface area contributed by atoms with Crippen LogP contribution < -0.4 is 0 Å². The van der Waals surface area contributed by atoms with E-state index in [0.717, 1.165) is 36.5 Å². The van der Waals surface area contributed by atoms with E-state index >= 15 is 0 Å².